The molecule has 1 fully saturated rings. The topological polar surface area (TPSA) is 92.8 Å². The number of aliphatic hydroxyl groups excluding tert-OH is 1. The number of carbonyl (C=O) groups is 1. The monoisotopic (exact) mass is 477 g/mol. The molecule has 4 heterocycles. The number of carbonyl (C=O) groups excluding carboxylic acids is 1. The number of aliphatic hydroxyl groups is 1. The molecule has 8 nitrogen and oxygen atoms in total. The van der Waals surface area contributed by atoms with Crippen molar-refractivity contribution in [3.8, 4) is 17.0 Å². The van der Waals surface area contributed by atoms with Crippen molar-refractivity contribution >= 4 is 35.2 Å². The van der Waals surface area contributed by atoms with Crippen molar-refractivity contribution in [3.05, 3.63) is 40.4 Å². The summed E-state index contributed by atoms with van der Waals surface area (Å²) in [5, 5.41) is 14.4. The Kier molecular flexibility index (Phi) is 6.83. The number of alkyl halides is 1. The van der Waals surface area contributed by atoms with Gasteiger partial charge < -0.3 is 14.7 Å². The van der Waals surface area contributed by atoms with Crippen molar-refractivity contribution in [1.29, 1.82) is 0 Å². The highest BCUT2D eigenvalue weighted by Gasteiger charge is 2.29. The highest BCUT2D eigenvalue weighted by Crippen LogP contribution is 2.31. The van der Waals surface area contributed by atoms with E-state index in [4.69, 9.17) is 27.9 Å². The third-order valence-electron chi connectivity index (χ3n) is 5.77. The van der Waals surface area contributed by atoms with E-state index in [1.807, 2.05) is 30.9 Å². The number of allylic oxidation sites excluding steroid dienone is 1. The Balaban J connectivity index is 1.51. The summed E-state index contributed by atoms with van der Waals surface area (Å²) in [5.41, 5.74) is 4.34. The molecule has 2 aliphatic rings. The lowest BCUT2D eigenvalue weighted by Crippen LogP contribution is -2.28. The first-order valence-corrected chi connectivity index (χ1v) is 11.4. The van der Waals surface area contributed by atoms with E-state index in [-0.39, 0.29) is 42.0 Å². The largest absolute Gasteiger partial charge is 0.472 e. The number of nitrogens with zero attached hydrogens (tertiary/aromatic N) is 5. The molecule has 0 spiro atoms. The molecule has 1 N–H and O–H groups in total. The molecule has 0 bridgehead atoms. The highest BCUT2D eigenvalue weighted by atomic mass is 35.5. The molecule has 2 aromatic rings. The van der Waals surface area contributed by atoms with Gasteiger partial charge in [0.25, 0.3) is 0 Å². The molecule has 2 aliphatic heterocycles. The fraction of sp³-hybridized carbons (Fsp3) is 0.455. The van der Waals surface area contributed by atoms with Crippen molar-refractivity contribution in [2.75, 3.05) is 32.1 Å². The van der Waals surface area contributed by atoms with Gasteiger partial charge in [-0.1, -0.05) is 11.6 Å². The van der Waals surface area contributed by atoms with Crippen LogP contribution in [0.2, 0.25) is 0 Å². The molecule has 10 heteroatoms. The molecule has 0 amide bonds. The standard InChI is InChI=1S/C22H25Cl2N5O3/c1-13-21(14(2)29(27-13)16(8-23)12-30)15-3-5-26-20(7-15)32-17-4-6-28(11-17)18-9-25-10-19(31)22(18)24/h3,5,7,9,16-17,30H,4,6,8,10-12H2,1-2H3/t16?,17-/m1/s1. The Morgan fingerprint density at radius 3 is 2.94 bits per heavy atom. The van der Waals surface area contributed by atoms with E-state index >= 15 is 0 Å². The number of aryl methyl sites for hydroxylation is 1. The third-order valence-corrected chi connectivity index (χ3v) is 6.54. The molecule has 32 heavy (non-hydrogen) atoms. The van der Waals surface area contributed by atoms with Gasteiger partial charge in [-0.15, -0.1) is 11.6 Å². The number of ketones is 1. The second-order valence-electron chi connectivity index (χ2n) is 7.93. The fourth-order valence-electron chi connectivity index (χ4n) is 4.18. The van der Waals surface area contributed by atoms with Crippen LogP contribution in [0.4, 0.5) is 0 Å². The molecule has 0 saturated carbocycles. The van der Waals surface area contributed by atoms with E-state index in [2.05, 4.69) is 15.1 Å². The van der Waals surface area contributed by atoms with E-state index in [1.165, 1.54) is 0 Å². The second-order valence-corrected chi connectivity index (χ2v) is 8.62. The molecular weight excluding hydrogens is 453 g/mol. The molecule has 0 radical (unpaired) electrons. The van der Waals surface area contributed by atoms with E-state index in [9.17, 15) is 9.90 Å². The number of ether oxygens (including phenoxy) is 1. The molecule has 2 atom stereocenters. The Morgan fingerprint density at radius 2 is 2.19 bits per heavy atom. The van der Waals surface area contributed by atoms with Crippen LogP contribution in [0.25, 0.3) is 11.1 Å². The van der Waals surface area contributed by atoms with E-state index in [0.29, 0.717) is 18.1 Å². The van der Waals surface area contributed by atoms with Crippen LogP contribution in [0.1, 0.15) is 23.9 Å². The number of halogens is 2. The number of hydrogen-bond acceptors (Lipinski definition) is 7. The summed E-state index contributed by atoms with van der Waals surface area (Å²) in [4.78, 5) is 22.3. The SMILES string of the molecule is Cc1nn(C(CO)CCl)c(C)c1-c1ccnc(O[C@@H]2CCN(C3=C(Cl)C(=O)CN=C3)C2)c1. The maximum atomic E-state index is 11.8. The minimum absolute atomic E-state index is 0.0788. The number of likely N-dealkylation sites (tertiary alicyclic amines) is 1. The minimum Gasteiger partial charge on any atom is -0.472 e. The molecule has 0 aromatic carbocycles. The number of aliphatic imine (C=N–C) groups is 1. The number of Topliss-reactive ketones (excluding diaryl/α,β-unsaturated/α-hetero) is 1. The minimum atomic E-state index is -0.275. The summed E-state index contributed by atoms with van der Waals surface area (Å²) >= 11 is 12.2. The average molecular weight is 478 g/mol. The van der Waals surface area contributed by atoms with Crippen molar-refractivity contribution in [3.63, 3.8) is 0 Å². The zero-order valence-corrected chi connectivity index (χ0v) is 19.5. The first kappa shape index (κ1) is 22.8. The lowest BCUT2D eigenvalue weighted by molar-refractivity contribution is -0.113. The maximum Gasteiger partial charge on any atom is 0.214 e. The van der Waals surface area contributed by atoms with Gasteiger partial charge in [0.05, 0.1) is 30.6 Å². The van der Waals surface area contributed by atoms with Crippen molar-refractivity contribution in [2.24, 2.45) is 4.99 Å². The van der Waals surface area contributed by atoms with Crippen LogP contribution in [0.5, 0.6) is 5.88 Å². The first-order valence-electron chi connectivity index (χ1n) is 10.5. The molecule has 2 aromatic heterocycles. The number of aromatic nitrogens is 3. The van der Waals surface area contributed by atoms with Crippen LogP contribution in [-0.2, 0) is 4.79 Å². The van der Waals surface area contributed by atoms with Gasteiger partial charge in [-0.3, -0.25) is 14.5 Å². The van der Waals surface area contributed by atoms with Gasteiger partial charge in [0, 0.05) is 48.6 Å². The first-order chi connectivity index (χ1) is 15.4. The predicted molar refractivity (Wildman–Crippen MR) is 124 cm³/mol. The van der Waals surface area contributed by atoms with Crippen LogP contribution in [-0.4, -0.2) is 75.0 Å². The quantitative estimate of drug-likeness (QED) is 0.616. The molecule has 1 unspecified atom stereocenters. The van der Waals surface area contributed by atoms with Crippen LogP contribution in [0.15, 0.2) is 34.1 Å². The zero-order valence-electron chi connectivity index (χ0n) is 18.0. The second kappa shape index (κ2) is 9.60. The highest BCUT2D eigenvalue weighted by molar-refractivity contribution is 6.44. The molecule has 170 valence electrons. The zero-order chi connectivity index (χ0) is 22.8. The number of dihydropyridines is 1. The lowest BCUT2D eigenvalue weighted by Gasteiger charge is -2.22. The van der Waals surface area contributed by atoms with Gasteiger partial charge in [-0.2, -0.15) is 5.10 Å². The van der Waals surface area contributed by atoms with E-state index in [0.717, 1.165) is 35.5 Å². The van der Waals surface area contributed by atoms with Crippen LogP contribution in [0, 0.1) is 13.8 Å². The predicted octanol–water partition coefficient (Wildman–Crippen LogP) is 2.89. The molecular formula is C22H25Cl2N5O3. The number of hydrogen-bond donors (Lipinski definition) is 1. The third kappa shape index (κ3) is 4.40. The molecule has 1 saturated heterocycles. The van der Waals surface area contributed by atoms with Gasteiger partial charge in [0.15, 0.2) is 5.78 Å². The summed E-state index contributed by atoms with van der Waals surface area (Å²) in [7, 11) is 0. The van der Waals surface area contributed by atoms with Gasteiger partial charge in [0.1, 0.15) is 17.7 Å². The van der Waals surface area contributed by atoms with Gasteiger partial charge in [-0.25, -0.2) is 4.98 Å². The lowest BCUT2D eigenvalue weighted by atomic mass is 10.1. The molecule has 4 rings (SSSR count). The van der Waals surface area contributed by atoms with Crippen molar-refractivity contribution < 1.29 is 14.6 Å². The van der Waals surface area contributed by atoms with E-state index < -0.39 is 0 Å². The fourth-order valence-corrected chi connectivity index (χ4v) is 4.63. The van der Waals surface area contributed by atoms with Crippen LogP contribution in [0.3, 0.4) is 0 Å². The Labute approximate surface area is 196 Å². The van der Waals surface area contributed by atoms with Crippen LogP contribution < -0.4 is 4.74 Å². The van der Waals surface area contributed by atoms with Gasteiger partial charge in [0.2, 0.25) is 5.88 Å². The normalized spacial score (nSPS) is 19.7. The number of rotatable bonds is 7. The summed E-state index contributed by atoms with van der Waals surface area (Å²) in [6, 6.07) is 3.54. The summed E-state index contributed by atoms with van der Waals surface area (Å²) < 4.78 is 7.94. The summed E-state index contributed by atoms with van der Waals surface area (Å²) in [5.74, 6) is 0.634. The maximum absolute atomic E-state index is 11.8. The van der Waals surface area contributed by atoms with Crippen LogP contribution >= 0.6 is 23.2 Å². The van der Waals surface area contributed by atoms with Gasteiger partial charge >= 0.3 is 0 Å². The number of pyridine rings is 1. The average Bonchev–Trinajstić information content (AvgIpc) is 3.35. The van der Waals surface area contributed by atoms with Crippen molar-refractivity contribution in [2.45, 2.75) is 32.4 Å². The smallest absolute Gasteiger partial charge is 0.214 e. The molecule has 0 aliphatic carbocycles. The van der Waals surface area contributed by atoms with Gasteiger partial charge in [-0.05, 0) is 25.5 Å². The Hall–Kier alpha value is -2.42. The summed E-state index contributed by atoms with van der Waals surface area (Å²) in [6.45, 7) is 5.24. The van der Waals surface area contributed by atoms with E-state index in [1.54, 1.807) is 17.1 Å². The Morgan fingerprint density at radius 1 is 1.38 bits per heavy atom. The van der Waals surface area contributed by atoms with Crippen molar-refractivity contribution in [1.82, 2.24) is 19.7 Å². The Bertz CT molecular complexity index is 1080. The summed E-state index contributed by atoms with van der Waals surface area (Å²) in [6.07, 6.45) is 4.07.